The Kier molecular flexibility index (Phi) is 2.56. The van der Waals surface area contributed by atoms with Gasteiger partial charge in [0.15, 0.2) is 11.5 Å². The molecule has 0 atom stereocenters. The molecule has 1 aliphatic rings. The summed E-state index contributed by atoms with van der Waals surface area (Å²) in [7, 11) is 0. The number of hydrogen-bond acceptors (Lipinski definition) is 3. The van der Waals surface area contributed by atoms with Gasteiger partial charge in [0, 0.05) is 0 Å². The molecule has 80 valence electrons. The summed E-state index contributed by atoms with van der Waals surface area (Å²) in [5.74, 6) is 0.397. The zero-order valence-electron chi connectivity index (χ0n) is 8.04. The maximum Gasteiger partial charge on any atom is 0.307 e. The van der Waals surface area contributed by atoms with Gasteiger partial charge in [-0.25, -0.2) is 0 Å². The monoisotopic (exact) mass is 272 g/mol. The van der Waals surface area contributed by atoms with Crippen LogP contribution in [0.4, 0.5) is 0 Å². The number of aliphatic carboxylic acids is 1. The lowest BCUT2D eigenvalue weighted by Gasteiger charge is -2.08. The van der Waals surface area contributed by atoms with E-state index < -0.39 is 5.97 Å². The standard InChI is InChI=1S/C10H9BrO4/c1-5-6(3-8(12)13)2-7-10(9(5)11)15-4-14-7/h2H,3-4H2,1H3,(H,12,13). The maximum atomic E-state index is 10.6. The molecule has 1 heterocycles. The van der Waals surface area contributed by atoms with Crippen LogP contribution in [0.1, 0.15) is 11.1 Å². The second kappa shape index (κ2) is 3.73. The largest absolute Gasteiger partial charge is 0.481 e. The summed E-state index contributed by atoms with van der Waals surface area (Å²) in [5, 5.41) is 8.74. The molecule has 0 saturated carbocycles. The molecule has 4 nitrogen and oxygen atoms in total. The Morgan fingerprint density at radius 3 is 3.00 bits per heavy atom. The van der Waals surface area contributed by atoms with E-state index in [9.17, 15) is 4.79 Å². The van der Waals surface area contributed by atoms with Crippen molar-refractivity contribution in [1.82, 2.24) is 0 Å². The zero-order valence-corrected chi connectivity index (χ0v) is 9.63. The van der Waals surface area contributed by atoms with Gasteiger partial charge in [-0.2, -0.15) is 0 Å². The first-order valence-corrected chi connectivity index (χ1v) is 5.18. The van der Waals surface area contributed by atoms with Crippen molar-refractivity contribution < 1.29 is 19.4 Å². The minimum atomic E-state index is -0.858. The molecule has 0 saturated heterocycles. The summed E-state index contributed by atoms with van der Waals surface area (Å²) in [6, 6.07) is 1.72. The van der Waals surface area contributed by atoms with Gasteiger partial charge in [0.2, 0.25) is 6.79 Å². The third-order valence-electron chi connectivity index (χ3n) is 2.30. The quantitative estimate of drug-likeness (QED) is 0.896. The number of hydrogen-bond donors (Lipinski definition) is 1. The Bertz CT molecular complexity index is 428. The van der Waals surface area contributed by atoms with Crippen LogP contribution in [-0.2, 0) is 11.2 Å². The van der Waals surface area contributed by atoms with Crippen LogP contribution in [0, 0.1) is 6.92 Å². The van der Waals surface area contributed by atoms with Crippen LogP contribution in [0.25, 0.3) is 0 Å². The fourth-order valence-electron chi connectivity index (χ4n) is 1.49. The molecule has 5 heteroatoms. The number of ether oxygens (including phenoxy) is 2. The second-order valence-corrected chi connectivity index (χ2v) is 4.07. The van der Waals surface area contributed by atoms with E-state index in [1.54, 1.807) is 6.07 Å². The molecule has 1 aromatic rings. The molecule has 1 aliphatic heterocycles. The van der Waals surface area contributed by atoms with E-state index in [2.05, 4.69) is 15.9 Å². The van der Waals surface area contributed by atoms with Gasteiger partial charge in [0.05, 0.1) is 10.9 Å². The second-order valence-electron chi connectivity index (χ2n) is 3.28. The predicted molar refractivity (Wildman–Crippen MR) is 56.3 cm³/mol. The van der Waals surface area contributed by atoms with E-state index >= 15 is 0 Å². The number of halogens is 1. The van der Waals surface area contributed by atoms with E-state index in [0.29, 0.717) is 11.5 Å². The van der Waals surface area contributed by atoms with Crippen LogP contribution in [0.2, 0.25) is 0 Å². The molecule has 0 amide bonds. The molecule has 15 heavy (non-hydrogen) atoms. The van der Waals surface area contributed by atoms with E-state index in [4.69, 9.17) is 14.6 Å². The highest BCUT2D eigenvalue weighted by atomic mass is 79.9. The van der Waals surface area contributed by atoms with E-state index in [1.165, 1.54) is 0 Å². The number of carboxylic acids is 1. The van der Waals surface area contributed by atoms with Crippen LogP contribution in [0.5, 0.6) is 11.5 Å². The number of benzene rings is 1. The first kappa shape index (κ1) is 10.3. The van der Waals surface area contributed by atoms with Crippen molar-refractivity contribution in [3.05, 3.63) is 21.7 Å². The van der Waals surface area contributed by atoms with Crippen LogP contribution < -0.4 is 9.47 Å². The Balaban J connectivity index is 2.49. The van der Waals surface area contributed by atoms with Gasteiger partial charge in [0.25, 0.3) is 0 Å². The third kappa shape index (κ3) is 1.79. The summed E-state index contributed by atoms with van der Waals surface area (Å²) in [5.41, 5.74) is 1.61. The molecule has 0 bridgehead atoms. The lowest BCUT2D eigenvalue weighted by molar-refractivity contribution is -0.136. The lowest BCUT2D eigenvalue weighted by Crippen LogP contribution is -2.02. The van der Waals surface area contributed by atoms with Crippen LogP contribution >= 0.6 is 15.9 Å². The normalized spacial score (nSPS) is 12.9. The van der Waals surface area contributed by atoms with Gasteiger partial charge in [0.1, 0.15) is 0 Å². The molecule has 1 aromatic carbocycles. The molecule has 2 rings (SSSR count). The first-order valence-electron chi connectivity index (χ1n) is 4.39. The molecule has 0 aliphatic carbocycles. The Hall–Kier alpha value is -1.23. The van der Waals surface area contributed by atoms with Crippen molar-refractivity contribution >= 4 is 21.9 Å². The van der Waals surface area contributed by atoms with Gasteiger partial charge in [-0.1, -0.05) is 0 Å². The van der Waals surface area contributed by atoms with Crippen LogP contribution in [0.3, 0.4) is 0 Å². The summed E-state index contributed by atoms with van der Waals surface area (Å²) in [4.78, 5) is 10.6. The summed E-state index contributed by atoms with van der Waals surface area (Å²) >= 11 is 3.37. The molecular weight excluding hydrogens is 264 g/mol. The summed E-state index contributed by atoms with van der Waals surface area (Å²) in [6.45, 7) is 2.04. The van der Waals surface area contributed by atoms with Crippen LogP contribution in [-0.4, -0.2) is 17.9 Å². The molecule has 0 radical (unpaired) electrons. The number of rotatable bonds is 2. The molecule has 0 fully saturated rings. The number of fused-ring (bicyclic) bond motifs is 1. The minimum absolute atomic E-state index is 0.0128. The van der Waals surface area contributed by atoms with Crippen molar-refractivity contribution in [2.75, 3.05) is 6.79 Å². The number of carboxylic acid groups (broad SMARTS) is 1. The fraction of sp³-hybridized carbons (Fsp3) is 0.300. The average molecular weight is 273 g/mol. The Morgan fingerprint density at radius 2 is 2.33 bits per heavy atom. The van der Waals surface area contributed by atoms with Gasteiger partial charge < -0.3 is 14.6 Å². The smallest absolute Gasteiger partial charge is 0.307 e. The third-order valence-corrected chi connectivity index (χ3v) is 3.25. The van der Waals surface area contributed by atoms with E-state index in [-0.39, 0.29) is 13.2 Å². The van der Waals surface area contributed by atoms with Gasteiger partial charge >= 0.3 is 5.97 Å². The van der Waals surface area contributed by atoms with Crippen molar-refractivity contribution in [3.8, 4) is 11.5 Å². The van der Waals surface area contributed by atoms with E-state index in [0.717, 1.165) is 15.6 Å². The van der Waals surface area contributed by atoms with Gasteiger partial charge in [-0.05, 0) is 40.0 Å². The van der Waals surface area contributed by atoms with Crippen molar-refractivity contribution in [1.29, 1.82) is 0 Å². The molecule has 0 unspecified atom stereocenters. The molecule has 0 aromatic heterocycles. The SMILES string of the molecule is Cc1c(CC(=O)O)cc2c(c1Br)OCO2. The van der Waals surface area contributed by atoms with Crippen molar-refractivity contribution in [2.24, 2.45) is 0 Å². The molecule has 0 spiro atoms. The number of carbonyl (C=O) groups is 1. The highest BCUT2D eigenvalue weighted by Gasteiger charge is 2.21. The van der Waals surface area contributed by atoms with Gasteiger partial charge in [-0.3, -0.25) is 4.79 Å². The predicted octanol–water partition coefficient (Wildman–Crippen LogP) is 2.11. The highest BCUT2D eigenvalue weighted by molar-refractivity contribution is 9.10. The van der Waals surface area contributed by atoms with Crippen molar-refractivity contribution in [3.63, 3.8) is 0 Å². The minimum Gasteiger partial charge on any atom is -0.481 e. The topological polar surface area (TPSA) is 55.8 Å². The Labute approximate surface area is 94.9 Å². The van der Waals surface area contributed by atoms with Gasteiger partial charge in [-0.15, -0.1) is 0 Å². The zero-order chi connectivity index (χ0) is 11.0. The maximum absolute atomic E-state index is 10.6. The fourth-order valence-corrected chi connectivity index (χ4v) is 2.06. The molecular formula is C10H9BrO4. The van der Waals surface area contributed by atoms with Crippen molar-refractivity contribution in [2.45, 2.75) is 13.3 Å². The summed E-state index contributed by atoms with van der Waals surface area (Å²) in [6.07, 6.45) is -0.0128. The average Bonchev–Trinajstić information content (AvgIpc) is 2.61. The first-order chi connectivity index (χ1) is 7.09. The summed E-state index contributed by atoms with van der Waals surface area (Å²) < 4.78 is 11.2. The van der Waals surface area contributed by atoms with Crippen LogP contribution in [0.15, 0.2) is 10.5 Å². The van der Waals surface area contributed by atoms with E-state index in [1.807, 2.05) is 6.92 Å². The highest BCUT2D eigenvalue weighted by Crippen LogP contribution is 2.42. The molecule has 1 N–H and O–H groups in total. The lowest BCUT2D eigenvalue weighted by atomic mass is 10.0. The Morgan fingerprint density at radius 1 is 1.60 bits per heavy atom.